The number of rotatable bonds is 7. The quantitative estimate of drug-likeness (QED) is 0.568. The summed E-state index contributed by atoms with van der Waals surface area (Å²) in [5.74, 6) is 1.31. The molecule has 0 bridgehead atoms. The molecule has 0 radical (unpaired) electrons. The average Bonchev–Trinajstić information content (AvgIpc) is 2.61. The van der Waals surface area contributed by atoms with E-state index in [4.69, 9.17) is 4.74 Å². The van der Waals surface area contributed by atoms with Crippen LogP contribution in [0.25, 0.3) is 0 Å². The zero-order valence-electron chi connectivity index (χ0n) is 13.8. The molecule has 0 saturated heterocycles. The summed E-state index contributed by atoms with van der Waals surface area (Å²) < 4.78 is 5.37. The number of hydrogen-bond donors (Lipinski definition) is 1. The summed E-state index contributed by atoms with van der Waals surface area (Å²) in [6.07, 6.45) is 7.95. The van der Waals surface area contributed by atoms with Crippen LogP contribution in [-0.2, 0) is 9.53 Å². The van der Waals surface area contributed by atoms with Crippen molar-refractivity contribution in [1.29, 1.82) is 0 Å². The maximum absolute atomic E-state index is 12.5. The summed E-state index contributed by atoms with van der Waals surface area (Å²) in [4.78, 5) is 12.5. The first-order valence-electron chi connectivity index (χ1n) is 8.46. The van der Waals surface area contributed by atoms with Crippen molar-refractivity contribution in [3.63, 3.8) is 0 Å². The highest BCUT2D eigenvalue weighted by molar-refractivity contribution is 5.80. The van der Waals surface area contributed by atoms with E-state index in [1.54, 1.807) is 0 Å². The minimum Gasteiger partial charge on any atom is -0.465 e. The highest BCUT2D eigenvalue weighted by atomic mass is 16.5. The molecule has 1 rings (SSSR count). The Labute approximate surface area is 124 Å². The molecular formula is C17H33NO2. The normalized spacial score (nSPS) is 27.4. The number of ether oxygens (including phenoxy) is 1. The number of esters is 1. The van der Waals surface area contributed by atoms with Crippen molar-refractivity contribution in [1.82, 2.24) is 5.32 Å². The van der Waals surface area contributed by atoms with Gasteiger partial charge in [-0.05, 0) is 44.6 Å². The zero-order chi connectivity index (χ0) is 15.0. The molecule has 0 aromatic heterocycles. The van der Waals surface area contributed by atoms with Crippen molar-refractivity contribution in [3.05, 3.63) is 0 Å². The molecule has 0 amide bonds. The minimum absolute atomic E-state index is 0.0298. The van der Waals surface area contributed by atoms with E-state index in [2.05, 4.69) is 26.1 Å². The van der Waals surface area contributed by atoms with Crippen LogP contribution in [0, 0.1) is 11.8 Å². The van der Waals surface area contributed by atoms with Gasteiger partial charge in [0, 0.05) is 0 Å². The number of carbonyl (C=O) groups excluding carboxylic acids is 1. The Bertz CT molecular complexity index is 291. The van der Waals surface area contributed by atoms with Gasteiger partial charge >= 0.3 is 5.97 Å². The molecular weight excluding hydrogens is 250 g/mol. The van der Waals surface area contributed by atoms with E-state index in [-0.39, 0.29) is 5.97 Å². The molecule has 1 N–H and O–H groups in total. The zero-order valence-corrected chi connectivity index (χ0v) is 13.8. The van der Waals surface area contributed by atoms with E-state index in [0.717, 1.165) is 38.1 Å². The van der Waals surface area contributed by atoms with Crippen LogP contribution in [0.3, 0.4) is 0 Å². The van der Waals surface area contributed by atoms with Crippen molar-refractivity contribution < 1.29 is 9.53 Å². The molecule has 1 fully saturated rings. The highest BCUT2D eigenvalue weighted by Gasteiger charge is 2.40. The fraction of sp³-hybridized carbons (Fsp3) is 0.941. The van der Waals surface area contributed by atoms with Crippen LogP contribution in [0.4, 0.5) is 0 Å². The van der Waals surface area contributed by atoms with Gasteiger partial charge in [-0.15, -0.1) is 0 Å². The summed E-state index contributed by atoms with van der Waals surface area (Å²) >= 11 is 0. The van der Waals surface area contributed by atoms with Crippen LogP contribution >= 0.6 is 0 Å². The van der Waals surface area contributed by atoms with Crippen molar-refractivity contribution >= 4 is 5.97 Å². The predicted molar refractivity (Wildman–Crippen MR) is 83.7 cm³/mol. The number of nitrogens with one attached hydrogen (secondary N) is 1. The molecule has 0 heterocycles. The second-order valence-corrected chi connectivity index (χ2v) is 6.66. The summed E-state index contributed by atoms with van der Waals surface area (Å²) in [6.45, 7) is 9.87. The fourth-order valence-corrected chi connectivity index (χ4v) is 3.23. The molecule has 0 spiro atoms. The Morgan fingerprint density at radius 1 is 1.30 bits per heavy atom. The summed E-state index contributed by atoms with van der Waals surface area (Å²) in [5.41, 5.74) is -0.428. The maximum atomic E-state index is 12.5. The van der Waals surface area contributed by atoms with Crippen LogP contribution in [0.5, 0.6) is 0 Å². The van der Waals surface area contributed by atoms with Crippen molar-refractivity contribution in [3.8, 4) is 0 Å². The fourth-order valence-electron chi connectivity index (χ4n) is 3.23. The molecule has 0 aromatic carbocycles. The molecule has 118 valence electrons. The maximum Gasteiger partial charge on any atom is 0.326 e. The van der Waals surface area contributed by atoms with Crippen molar-refractivity contribution in [2.75, 3.05) is 13.2 Å². The molecule has 0 aromatic rings. The second-order valence-electron chi connectivity index (χ2n) is 6.66. The first kappa shape index (κ1) is 17.5. The van der Waals surface area contributed by atoms with Gasteiger partial charge in [0.25, 0.3) is 0 Å². The Kier molecular flexibility index (Phi) is 7.57. The van der Waals surface area contributed by atoms with Gasteiger partial charge in [0.15, 0.2) is 0 Å². The van der Waals surface area contributed by atoms with Crippen LogP contribution in [0.15, 0.2) is 0 Å². The first-order valence-corrected chi connectivity index (χ1v) is 8.46. The molecule has 1 aliphatic rings. The standard InChI is InChI=1S/C17H33NO2/c1-5-8-15-9-7-11-17(12-10-15,16(19)20-6-2)18-13-14(3)4/h14-15,18H,5-13H2,1-4H3. The second kappa shape index (κ2) is 8.66. The summed E-state index contributed by atoms with van der Waals surface area (Å²) in [5, 5.41) is 3.55. The monoisotopic (exact) mass is 283 g/mol. The molecule has 0 aliphatic heterocycles. The Hall–Kier alpha value is -0.570. The first-order chi connectivity index (χ1) is 9.54. The van der Waals surface area contributed by atoms with E-state index in [1.165, 1.54) is 19.3 Å². The molecule has 20 heavy (non-hydrogen) atoms. The van der Waals surface area contributed by atoms with Crippen molar-refractivity contribution in [2.45, 2.75) is 78.2 Å². The van der Waals surface area contributed by atoms with Gasteiger partial charge in [-0.2, -0.15) is 0 Å². The van der Waals surface area contributed by atoms with Gasteiger partial charge in [-0.1, -0.05) is 46.5 Å². The molecule has 1 aliphatic carbocycles. The summed E-state index contributed by atoms with van der Waals surface area (Å²) in [7, 11) is 0. The van der Waals surface area contributed by atoms with E-state index in [0.29, 0.717) is 12.5 Å². The molecule has 2 atom stereocenters. The number of carbonyl (C=O) groups is 1. The van der Waals surface area contributed by atoms with Gasteiger partial charge in [0.1, 0.15) is 5.54 Å². The van der Waals surface area contributed by atoms with Gasteiger partial charge in [-0.3, -0.25) is 4.79 Å². The van der Waals surface area contributed by atoms with Crippen LogP contribution in [0.1, 0.15) is 72.6 Å². The molecule has 3 nitrogen and oxygen atoms in total. The van der Waals surface area contributed by atoms with E-state index >= 15 is 0 Å². The largest absolute Gasteiger partial charge is 0.465 e. The van der Waals surface area contributed by atoms with Gasteiger partial charge in [0.2, 0.25) is 0 Å². The summed E-state index contributed by atoms with van der Waals surface area (Å²) in [6, 6.07) is 0. The number of hydrogen-bond acceptors (Lipinski definition) is 3. The minimum atomic E-state index is -0.428. The Morgan fingerprint density at radius 2 is 2.05 bits per heavy atom. The van der Waals surface area contributed by atoms with E-state index < -0.39 is 5.54 Å². The third kappa shape index (κ3) is 5.08. The van der Waals surface area contributed by atoms with Gasteiger partial charge in [0.05, 0.1) is 6.61 Å². The molecule has 3 heteroatoms. The third-order valence-electron chi connectivity index (χ3n) is 4.41. The van der Waals surface area contributed by atoms with Gasteiger partial charge in [-0.25, -0.2) is 0 Å². The predicted octanol–water partition coefficient (Wildman–Crippen LogP) is 3.91. The van der Waals surface area contributed by atoms with Crippen LogP contribution in [-0.4, -0.2) is 24.7 Å². The molecule has 1 saturated carbocycles. The smallest absolute Gasteiger partial charge is 0.326 e. The SMILES string of the molecule is CCCC1CCCC(NCC(C)C)(C(=O)OCC)CC1. The molecule has 2 unspecified atom stereocenters. The lowest BCUT2D eigenvalue weighted by atomic mass is 9.88. The lowest BCUT2D eigenvalue weighted by Gasteiger charge is -2.32. The van der Waals surface area contributed by atoms with Crippen LogP contribution in [0.2, 0.25) is 0 Å². The van der Waals surface area contributed by atoms with Crippen molar-refractivity contribution in [2.24, 2.45) is 11.8 Å². The lowest BCUT2D eigenvalue weighted by molar-refractivity contribution is -0.152. The van der Waals surface area contributed by atoms with Gasteiger partial charge < -0.3 is 10.1 Å². The third-order valence-corrected chi connectivity index (χ3v) is 4.41. The highest BCUT2D eigenvalue weighted by Crippen LogP contribution is 2.33. The topological polar surface area (TPSA) is 38.3 Å². The van der Waals surface area contributed by atoms with Crippen LogP contribution < -0.4 is 5.32 Å². The lowest BCUT2D eigenvalue weighted by Crippen LogP contribution is -2.53. The van der Waals surface area contributed by atoms with E-state index in [1.807, 2.05) is 6.92 Å². The Morgan fingerprint density at radius 3 is 2.65 bits per heavy atom. The average molecular weight is 283 g/mol. The Balaban J connectivity index is 2.73. The van der Waals surface area contributed by atoms with E-state index in [9.17, 15) is 4.79 Å².